The number of hydrogen-bond acceptors (Lipinski definition) is 4. The van der Waals surface area contributed by atoms with E-state index in [1.807, 2.05) is 13.0 Å². The standard InChI is InChI=1S/C26H27N3O/c1-4-29-14-19(13-18-10-6-5-9-16(18)2)25-21(15-29)24-20-11-7-8-12-22(20)28-17(3)23(24)26(27)30-25/h5-13,24H,4,14-15,27H2,1-3H3. The SMILES string of the molecule is CCN1CC(=Cc2ccccc2C)C2=C(C1)C1C(=C(N)O2)C(C)=Nc2ccccc21. The third-order valence-corrected chi connectivity index (χ3v) is 6.38. The van der Waals surface area contributed by atoms with Gasteiger partial charge in [-0.05, 0) is 54.8 Å². The summed E-state index contributed by atoms with van der Waals surface area (Å²) in [6.07, 6.45) is 2.26. The van der Waals surface area contributed by atoms with Gasteiger partial charge in [-0.2, -0.15) is 0 Å². The van der Waals surface area contributed by atoms with Crippen LogP contribution in [0.3, 0.4) is 0 Å². The van der Waals surface area contributed by atoms with Crippen LogP contribution in [0, 0.1) is 6.92 Å². The number of para-hydroxylation sites is 1. The van der Waals surface area contributed by atoms with Crippen molar-refractivity contribution in [3.8, 4) is 0 Å². The van der Waals surface area contributed by atoms with E-state index in [0.717, 1.165) is 42.4 Å². The van der Waals surface area contributed by atoms with Crippen molar-refractivity contribution in [3.63, 3.8) is 0 Å². The first-order chi connectivity index (χ1) is 14.6. The minimum absolute atomic E-state index is 0.0945. The van der Waals surface area contributed by atoms with Crippen LogP contribution in [0.25, 0.3) is 6.08 Å². The van der Waals surface area contributed by atoms with Gasteiger partial charge < -0.3 is 10.5 Å². The van der Waals surface area contributed by atoms with Crippen molar-refractivity contribution in [1.29, 1.82) is 0 Å². The Morgan fingerprint density at radius 3 is 2.67 bits per heavy atom. The first-order valence-corrected chi connectivity index (χ1v) is 10.6. The van der Waals surface area contributed by atoms with Gasteiger partial charge in [0, 0.05) is 35.9 Å². The fourth-order valence-corrected chi connectivity index (χ4v) is 4.80. The second kappa shape index (κ2) is 7.29. The van der Waals surface area contributed by atoms with Crippen LogP contribution < -0.4 is 5.73 Å². The van der Waals surface area contributed by atoms with E-state index < -0.39 is 0 Å². The van der Waals surface area contributed by atoms with Gasteiger partial charge in [-0.3, -0.25) is 9.89 Å². The molecule has 5 rings (SSSR count). The molecule has 3 aliphatic heterocycles. The van der Waals surface area contributed by atoms with Crippen LogP contribution in [0.5, 0.6) is 0 Å². The molecule has 4 nitrogen and oxygen atoms in total. The van der Waals surface area contributed by atoms with Crippen LogP contribution in [0.1, 0.15) is 36.5 Å². The van der Waals surface area contributed by atoms with Crippen molar-refractivity contribution in [2.75, 3.05) is 19.6 Å². The molecular formula is C26H27N3O. The Labute approximate surface area is 178 Å². The summed E-state index contributed by atoms with van der Waals surface area (Å²) in [6.45, 7) is 9.11. The summed E-state index contributed by atoms with van der Waals surface area (Å²) in [5.41, 5.74) is 15.6. The van der Waals surface area contributed by atoms with Gasteiger partial charge in [0.1, 0.15) is 5.76 Å². The van der Waals surface area contributed by atoms with Crippen molar-refractivity contribution in [2.45, 2.75) is 26.7 Å². The molecule has 1 unspecified atom stereocenters. The van der Waals surface area contributed by atoms with Gasteiger partial charge in [0.25, 0.3) is 0 Å². The average Bonchev–Trinajstić information content (AvgIpc) is 2.75. The summed E-state index contributed by atoms with van der Waals surface area (Å²) >= 11 is 0. The van der Waals surface area contributed by atoms with Crippen LogP contribution in [-0.4, -0.2) is 30.2 Å². The van der Waals surface area contributed by atoms with Crippen molar-refractivity contribution in [3.05, 3.63) is 93.6 Å². The molecule has 0 amide bonds. The predicted octanol–water partition coefficient (Wildman–Crippen LogP) is 5.06. The maximum atomic E-state index is 6.50. The lowest BCUT2D eigenvalue weighted by molar-refractivity contribution is 0.239. The molecule has 152 valence electrons. The number of rotatable bonds is 2. The van der Waals surface area contributed by atoms with E-state index >= 15 is 0 Å². The second-order valence-electron chi connectivity index (χ2n) is 8.25. The topological polar surface area (TPSA) is 50.8 Å². The Morgan fingerprint density at radius 2 is 1.87 bits per heavy atom. The fourth-order valence-electron chi connectivity index (χ4n) is 4.80. The summed E-state index contributed by atoms with van der Waals surface area (Å²) in [6, 6.07) is 16.9. The van der Waals surface area contributed by atoms with E-state index in [1.54, 1.807) is 0 Å². The molecule has 2 N–H and O–H groups in total. The smallest absolute Gasteiger partial charge is 0.196 e. The van der Waals surface area contributed by atoms with Crippen molar-refractivity contribution in [1.82, 2.24) is 4.90 Å². The molecule has 0 aromatic heterocycles. The number of ether oxygens (including phenoxy) is 1. The van der Waals surface area contributed by atoms with Gasteiger partial charge >= 0.3 is 0 Å². The van der Waals surface area contributed by atoms with E-state index in [1.165, 1.54) is 27.8 Å². The van der Waals surface area contributed by atoms with Crippen molar-refractivity contribution >= 4 is 17.5 Å². The number of allylic oxidation sites excluding steroid dienone is 1. The highest BCUT2D eigenvalue weighted by atomic mass is 16.5. The molecule has 1 atom stereocenters. The van der Waals surface area contributed by atoms with E-state index in [-0.39, 0.29) is 5.92 Å². The van der Waals surface area contributed by atoms with Crippen molar-refractivity contribution < 1.29 is 4.74 Å². The van der Waals surface area contributed by atoms with Gasteiger partial charge in [-0.1, -0.05) is 49.4 Å². The van der Waals surface area contributed by atoms with Crippen molar-refractivity contribution in [2.24, 2.45) is 10.7 Å². The maximum Gasteiger partial charge on any atom is 0.196 e. The van der Waals surface area contributed by atoms with Crippen LogP contribution in [-0.2, 0) is 4.74 Å². The number of nitrogens with zero attached hydrogens (tertiary/aromatic N) is 2. The zero-order valence-corrected chi connectivity index (χ0v) is 17.8. The number of benzene rings is 2. The summed E-state index contributed by atoms with van der Waals surface area (Å²) in [5.74, 6) is 1.52. The molecular weight excluding hydrogens is 370 g/mol. The molecule has 0 bridgehead atoms. The number of likely N-dealkylation sites (N-methyl/N-ethyl adjacent to an activating group) is 1. The van der Waals surface area contributed by atoms with E-state index in [9.17, 15) is 0 Å². The Kier molecular flexibility index (Phi) is 4.59. The van der Waals surface area contributed by atoms with Gasteiger partial charge in [0.15, 0.2) is 5.88 Å². The highest BCUT2D eigenvalue weighted by molar-refractivity contribution is 6.04. The minimum Gasteiger partial charge on any atom is -0.441 e. The van der Waals surface area contributed by atoms with Crippen LogP contribution >= 0.6 is 0 Å². The normalized spacial score (nSPS) is 22.3. The molecule has 0 saturated heterocycles. The first kappa shape index (κ1) is 18.9. The van der Waals surface area contributed by atoms with Crippen LogP contribution in [0.4, 0.5) is 5.69 Å². The number of nitrogens with two attached hydrogens (primary N) is 1. The lowest BCUT2D eigenvalue weighted by Gasteiger charge is -2.40. The number of fused-ring (bicyclic) bond motifs is 4. The summed E-state index contributed by atoms with van der Waals surface area (Å²) < 4.78 is 6.32. The monoisotopic (exact) mass is 397 g/mol. The van der Waals surface area contributed by atoms with E-state index in [2.05, 4.69) is 67.3 Å². The molecule has 3 aliphatic rings. The molecule has 3 heterocycles. The van der Waals surface area contributed by atoms with Gasteiger partial charge in [-0.15, -0.1) is 0 Å². The Hall–Kier alpha value is -3.11. The van der Waals surface area contributed by atoms with E-state index in [0.29, 0.717) is 5.88 Å². The maximum absolute atomic E-state index is 6.50. The quantitative estimate of drug-likeness (QED) is 0.771. The van der Waals surface area contributed by atoms with Gasteiger partial charge in [0.2, 0.25) is 0 Å². The lowest BCUT2D eigenvalue weighted by Crippen LogP contribution is -2.39. The third-order valence-electron chi connectivity index (χ3n) is 6.38. The van der Waals surface area contributed by atoms with Crippen LogP contribution in [0.2, 0.25) is 0 Å². The average molecular weight is 398 g/mol. The summed E-state index contributed by atoms with van der Waals surface area (Å²) in [7, 11) is 0. The molecule has 2 aromatic carbocycles. The van der Waals surface area contributed by atoms with Crippen LogP contribution in [0.15, 0.2) is 81.9 Å². The largest absolute Gasteiger partial charge is 0.441 e. The minimum atomic E-state index is 0.0945. The zero-order valence-electron chi connectivity index (χ0n) is 17.8. The second-order valence-corrected chi connectivity index (χ2v) is 8.25. The summed E-state index contributed by atoms with van der Waals surface area (Å²) in [4.78, 5) is 7.27. The molecule has 0 saturated carbocycles. The third kappa shape index (κ3) is 2.99. The molecule has 30 heavy (non-hydrogen) atoms. The predicted molar refractivity (Wildman–Crippen MR) is 123 cm³/mol. The fraction of sp³-hybridized carbons (Fsp3) is 0.269. The number of hydrogen-bond donors (Lipinski definition) is 1. The van der Waals surface area contributed by atoms with E-state index in [4.69, 9.17) is 15.5 Å². The van der Waals surface area contributed by atoms with Gasteiger partial charge in [-0.25, -0.2) is 0 Å². The molecule has 2 aromatic rings. The Morgan fingerprint density at radius 1 is 1.10 bits per heavy atom. The Balaban J connectivity index is 1.70. The highest BCUT2D eigenvalue weighted by Gasteiger charge is 2.40. The number of aliphatic imine (C=N–C) groups is 1. The molecule has 4 heteroatoms. The molecule has 0 spiro atoms. The number of aryl methyl sites for hydroxylation is 1. The highest BCUT2D eigenvalue weighted by Crippen LogP contribution is 2.49. The zero-order chi connectivity index (χ0) is 20.8. The first-order valence-electron chi connectivity index (χ1n) is 10.6. The van der Waals surface area contributed by atoms with Gasteiger partial charge in [0.05, 0.1) is 5.69 Å². The lowest BCUT2D eigenvalue weighted by atomic mass is 9.76. The Bertz CT molecular complexity index is 1150. The summed E-state index contributed by atoms with van der Waals surface area (Å²) in [5, 5.41) is 0. The molecule has 0 fully saturated rings. The molecule has 0 radical (unpaired) electrons. The molecule has 0 aliphatic carbocycles.